The Labute approximate surface area is 151 Å². The average Bonchev–Trinajstić information content (AvgIpc) is 2.84. The Hall–Kier alpha value is -0.880. The standard InChI is InChI=1S/C19H12I2/c20-16-4-1-12(2-5-16)13-3-7-18-14(9-13)10-15-11-17(21)6-8-19(15)18/h1-9,11H,10H2. The molecule has 0 saturated carbocycles. The van der Waals surface area contributed by atoms with Crippen molar-refractivity contribution in [1.29, 1.82) is 0 Å². The third kappa shape index (κ3) is 2.52. The molecule has 0 spiro atoms. The predicted octanol–water partition coefficient (Wildman–Crippen LogP) is 6.13. The second-order valence-corrected chi connectivity index (χ2v) is 7.85. The molecule has 0 aliphatic heterocycles. The van der Waals surface area contributed by atoms with Gasteiger partial charge in [0.2, 0.25) is 0 Å². The van der Waals surface area contributed by atoms with Crippen LogP contribution in [0.1, 0.15) is 11.1 Å². The van der Waals surface area contributed by atoms with Gasteiger partial charge >= 0.3 is 0 Å². The molecule has 0 nitrogen and oxygen atoms in total. The van der Waals surface area contributed by atoms with Crippen LogP contribution in [0, 0.1) is 7.14 Å². The van der Waals surface area contributed by atoms with Crippen molar-refractivity contribution in [3.8, 4) is 22.3 Å². The Bertz CT molecular complexity index is 833. The van der Waals surface area contributed by atoms with Crippen molar-refractivity contribution in [2.75, 3.05) is 0 Å². The SMILES string of the molecule is Ic1ccc(-c2ccc3c(c2)Cc2cc(I)ccc2-3)cc1. The van der Waals surface area contributed by atoms with E-state index in [-0.39, 0.29) is 0 Å². The van der Waals surface area contributed by atoms with E-state index in [4.69, 9.17) is 0 Å². The summed E-state index contributed by atoms with van der Waals surface area (Å²) < 4.78 is 2.59. The molecule has 0 fully saturated rings. The number of benzene rings is 3. The van der Waals surface area contributed by atoms with Gasteiger partial charge in [-0.3, -0.25) is 0 Å². The zero-order valence-electron chi connectivity index (χ0n) is 11.2. The van der Waals surface area contributed by atoms with Crippen LogP contribution in [0.4, 0.5) is 0 Å². The van der Waals surface area contributed by atoms with Gasteiger partial charge in [-0.05, 0) is 109 Å². The number of hydrogen-bond acceptors (Lipinski definition) is 0. The van der Waals surface area contributed by atoms with E-state index < -0.39 is 0 Å². The second kappa shape index (κ2) is 5.39. The second-order valence-electron chi connectivity index (χ2n) is 5.36. The molecule has 4 rings (SSSR count). The van der Waals surface area contributed by atoms with E-state index in [9.17, 15) is 0 Å². The summed E-state index contributed by atoms with van der Waals surface area (Å²) >= 11 is 4.74. The van der Waals surface area contributed by atoms with Gasteiger partial charge in [-0.2, -0.15) is 0 Å². The fraction of sp³-hybridized carbons (Fsp3) is 0.0526. The van der Waals surface area contributed by atoms with E-state index in [1.165, 1.54) is 40.5 Å². The molecule has 0 aromatic heterocycles. The molecule has 0 bridgehead atoms. The van der Waals surface area contributed by atoms with Crippen molar-refractivity contribution in [2.45, 2.75) is 6.42 Å². The van der Waals surface area contributed by atoms with E-state index in [1.54, 1.807) is 0 Å². The Morgan fingerprint density at radius 1 is 0.571 bits per heavy atom. The van der Waals surface area contributed by atoms with Gasteiger partial charge in [0.05, 0.1) is 0 Å². The fourth-order valence-corrected chi connectivity index (χ4v) is 3.92. The van der Waals surface area contributed by atoms with E-state index in [2.05, 4.69) is 106 Å². The first-order valence-electron chi connectivity index (χ1n) is 6.88. The normalized spacial score (nSPS) is 12.1. The Kier molecular flexibility index (Phi) is 3.53. The molecule has 0 heterocycles. The lowest BCUT2D eigenvalue weighted by Crippen LogP contribution is -1.84. The maximum absolute atomic E-state index is 2.39. The van der Waals surface area contributed by atoms with Crippen molar-refractivity contribution < 1.29 is 0 Å². The maximum Gasteiger partial charge on any atom is 0.0133 e. The monoisotopic (exact) mass is 494 g/mol. The predicted molar refractivity (Wildman–Crippen MR) is 106 cm³/mol. The topological polar surface area (TPSA) is 0 Å². The Balaban J connectivity index is 1.79. The first-order valence-corrected chi connectivity index (χ1v) is 9.04. The molecule has 0 unspecified atom stereocenters. The van der Waals surface area contributed by atoms with Crippen LogP contribution in [-0.2, 0) is 6.42 Å². The van der Waals surface area contributed by atoms with Crippen LogP contribution in [0.3, 0.4) is 0 Å². The average molecular weight is 494 g/mol. The van der Waals surface area contributed by atoms with Gasteiger partial charge in [0.25, 0.3) is 0 Å². The lowest BCUT2D eigenvalue weighted by atomic mass is 9.99. The molecule has 21 heavy (non-hydrogen) atoms. The highest BCUT2D eigenvalue weighted by Gasteiger charge is 2.18. The van der Waals surface area contributed by atoms with Crippen molar-refractivity contribution >= 4 is 45.2 Å². The number of halogens is 2. The molecule has 0 N–H and O–H groups in total. The lowest BCUT2D eigenvalue weighted by Gasteiger charge is -2.06. The molecule has 1 aliphatic rings. The smallest absolute Gasteiger partial charge is 0.0133 e. The number of fused-ring (bicyclic) bond motifs is 3. The van der Waals surface area contributed by atoms with Gasteiger partial charge in [0.1, 0.15) is 0 Å². The molecule has 3 aromatic carbocycles. The van der Waals surface area contributed by atoms with Crippen LogP contribution < -0.4 is 0 Å². The van der Waals surface area contributed by atoms with E-state index in [1.807, 2.05) is 0 Å². The minimum Gasteiger partial charge on any atom is -0.0537 e. The zero-order chi connectivity index (χ0) is 14.4. The first kappa shape index (κ1) is 13.8. The molecular formula is C19H12I2. The number of hydrogen-bond donors (Lipinski definition) is 0. The summed E-state index contributed by atoms with van der Waals surface area (Å²) in [6, 6.07) is 22.4. The van der Waals surface area contributed by atoms with Crippen molar-refractivity contribution in [3.63, 3.8) is 0 Å². The van der Waals surface area contributed by atoms with Gasteiger partial charge in [-0.1, -0.05) is 36.4 Å². The fourth-order valence-electron chi connectivity index (χ4n) is 3.00. The highest BCUT2D eigenvalue weighted by atomic mass is 127. The minimum absolute atomic E-state index is 1.06. The van der Waals surface area contributed by atoms with Crippen LogP contribution in [-0.4, -0.2) is 0 Å². The molecule has 3 aromatic rings. The molecule has 0 amide bonds. The van der Waals surface area contributed by atoms with Gasteiger partial charge in [0, 0.05) is 7.14 Å². The highest BCUT2D eigenvalue weighted by molar-refractivity contribution is 14.1. The quantitative estimate of drug-likeness (QED) is 0.280. The molecule has 2 heteroatoms. The van der Waals surface area contributed by atoms with E-state index in [0.29, 0.717) is 0 Å². The van der Waals surface area contributed by atoms with Crippen LogP contribution in [0.25, 0.3) is 22.3 Å². The largest absolute Gasteiger partial charge is 0.0537 e. The summed E-state index contributed by atoms with van der Waals surface area (Å²) in [4.78, 5) is 0. The summed E-state index contributed by atoms with van der Waals surface area (Å²) in [5, 5.41) is 0. The van der Waals surface area contributed by atoms with Crippen LogP contribution in [0.5, 0.6) is 0 Å². The van der Waals surface area contributed by atoms with Crippen molar-refractivity contribution in [1.82, 2.24) is 0 Å². The van der Waals surface area contributed by atoms with Crippen molar-refractivity contribution in [3.05, 3.63) is 78.9 Å². The third-order valence-corrected chi connectivity index (χ3v) is 5.41. The van der Waals surface area contributed by atoms with Crippen LogP contribution in [0.15, 0.2) is 60.7 Å². The molecular weight excluding hydrogens is 482 g/mol. The van der Waals surface area contributed by atoms with Gasteiger partial charge in [-0.15, -0.1) is 0 Å². The number of rotatable bonds is 1. The molecule has 102 valence electrons. The van der Waals surface area contributed by atoms with E-state index >= 15 is 0 Å². The Morgan fingerprint density at radius 3 is 1.90 bits per heavy atom. The zero-order valence-corrected chi connectivity index (χ0v) is 15.6. The highest BCUT2D eigenvalue weighted by Crippen LogP contribution is 2.39. The lowest BCUT2D eigenvalue weighted by molar-refractivity contribution is 1.26. The van der Waals surface area contributed by atoms with Crippen LogP contribution >= 0.6 is 45.2 Å². The molecule has 0 radical (unpaired) electrons. The van der Waals surface area contributed by atoms with Gasteiger partial charge in [0.15, 0.2) is 0 Å². The maximum atomic E-state index is 2.39. The molecule has 0 saturated heterocycles. The summed E-state index contributed by atoms with van der Waals surface area (Å²) in [5.41, 5.74) is 8.31. The summed E-state index contributed by atoms with van der Waals surface area (Å²) in [7, 11) is 0. The summed E-state index contributed by atoms with van der Waals surface area (Å²) in [6.07, 6.45) is 1.06. The Morgan fingerprint density at radius 2 is 1.14 bits per heavy atom. The van der Waals surface area contributed by atoms with Gasteiger partial charge < -0.3 is 0 Å². The minimum atomic E-state index is 1.06. The first-order chi connectivity index (χ1) is 10.2. The molecule has 0 atom stereocenters. The van der Waals surface area contributed by atoms with Gasteiger partial charge in [-0.25, -0.2) is 0 Å². The molecule has 1 aliphatic carbocycles. The third-order valence-electron chi connectivity index (χ3n) is 4.02. The summed E-state index contributed by atoms with van der Waals surface area (Å²) in [5.74, 6) is 0. The van der Waals surface area contributed by atoms with Crippen LogP contribution in [0.2, 0.25) is 0 Å². The van der Waals surface area contributed by atoms with E-state index in [0.717, 1.165) is 6.42 Å². The summed E-state index contributed by atoms with van der Waals surface area (Å²) in [6.45, 7) is 0. The van der Waals surface area contributed by atoms with Crippen molar-refractivity contribution in [2.24, 2.45) is 0 Å².